The Morgan fingerprint density at radius 2 is 2.03 bits per heavy atom. The standard InChI is InChI=1S/C23H33N3O2S/c1-23(2,3)22-25-18(15-29-22)13-20(27)24-14-17-7-6-12-26(4)21(17)16-8-10-19(28-5)11-9-16/h8-11,15,17,21H,6-7,12-14H2,1-5H3,(H,24,27). The van der Waals surface area contributed by atoms with Gasteiger partial charge in [-0.3, -0.25) is 9.69 Å². The fourth-order valence-corrected chi connectivity index (χ4v) is 4.91. The van der Waals surface area contributed by atoms with Crippen molar-refractivity contribution in [2.75, 3.05) is 27.2 Å². The Morgan fingerprint density at radius 1 is 1.31 bits per heavy atom. The lowest BCUT2D eigenvalue weighted by atomic mass is 9.85. The molecule has 0 saturated carbocycles. The minimum absolute atomic E-state index is 0.0255. The van der Waals surface area contributed by atoms with Gasteiger partial charge in [0.05, 0.1) is 24.2 Å². The first kappa shape index (κ1) is 21.8. The Hall–Kier alpha value is -1.92. The summed E-state index contributed by atoms with van der Waals surface area (Å²) in [5, 5.41) is 6.25. The van der Waals surface area contributed by atoms with E-state index in [-0.39, 0.29) is 11.3 Å². The average Bonchev–Trinajstić information content (AvgIpc) is 3.15. The van der Waals surface area contributed by atoms with Gasteiger partial charge in [-0.05, 0) is 50.0 Å². The van der Waals surface area contributed by atoms with Gasteiger partial charge in [0.1, 0.15) is 5.75 Å². The van der Waals surface area contributed by atoms with Crippen molar-refractivity contribution in [1.29, 1.82) is 0 Å². The minimum atomic E-state index is 0.0255. The second kappa shape index (κ2) is 9.26. The highest BCUT2D eigenvalue weighted by Crippen LogP contribution is 2.35. The minimum Gasteiger partial charge on any atom is -0.497 e. The van der Waals surface area contributed by atoms with Crippen LogP contribution < -0.4 is 10.1 Å². The number of methoxy groups -OCH3 is 1. The van der Waals surface area contributed by atoms with E-state index in [4.69, 9.17) is 4.74 Å². The second-order valence-corrected chi connectivity index (χ2v) is 9.83. The average molecular weight is 416 g/mol. The summed E-state index contributed by atoms with van der Waals surface area (Å²) in [5.41, 5.74) is 2.17. The third-order valence-electron chi connectivity index (χ3n) is 5.56. The number of hydrogen-bond acceptors (Lipinski definition) is 5. The maximum Gasteiger partial charge on any atom is 0.226 e. The van der Waals surface area contributed by atoms with Gasteiger partial charge in [0.2, 0.25) is 5.91 Å². The fourth-order valence-electron chi connectivity index (χ4n) is 4.01. The zero-order chi connectivity index (χ0) is 21.0. The molecule has 3 rings (SSSR count). The molecule has 0 spiro atoms. The van der Waals surface area contributed by atoms with E-state index in [1.54, 1.807) is 18.4 Å². The van der Waals surface area contributed by atoms with Gasteiger partial charge in [0.15, 0.2) is 0 Å². The van der Waals surface area contributed by atoms with Crippen LogP contribution in [0.1, 0.15) is 55.9 Å². The van der Waals surface area contributed by atoms with Gasteiger partial charge in [0, 0.05) is 23.4 Å². The molecule has 1 aliphatic rings. The molecule has 1 N–H and O–H groups in total. The van der Waals surface area contributed by atoms with Crippen LogP contribution in [0, 0.1) is 5.92 Å². The van der Waals surface area contributed by atoms with Crippen LogP contribution in [0.2, 0.25) is 0 Å². The fraction of sp³-hybridized carbons (Fsp3) is 0.565. The number of benzene rings is 1. The molecule has 2 atom stereocenters. The first-order valence-electron chi connectivity index (χ1n) is 10.3. The number of carbonyl (C=O) groups is 1. The molecular formula is C23H33N3O2S. The zero-order valence-corrected chi connectivity index (χ0v) is 19.0. The molecule has 1 aromatic carbocycles. The summed E-state index contributed by atoms with van der Waals surface area (Å²) in [6.07, 6.45) is 2.62. The maximum absolute atomic E-state index is 12.5. The summed E-state index contributed by atoms with van der Waals surface area (Å²) in [4.78, 5) is 19.6. The second-order valence-electron chi connectivity index (χ2n) is 8.98. The van der Waals surface area contributed by atoms with E-state index in [1.807, 2.05) is 17.5 Å². The van der Waals surface area contributed by atoms with Crippen LogP contribution in [0.3, 0.4) is 0 Å². The summed E-state index contributed by atoms with van der Waals surface area (Å²) < 4.78 is 5.29. The number of likely N-dealkylation sites (tertiary alicyclic amines) is 1. The SMILES string of the molecule is COc1ccc(C2C(CNC(=O)Cc3csc(C(C)(C)C)n3)CCCN2C)cc1. The molecule has 29 heavy (non-hydrogen) atoms. The smallest absolute Gasteiger partial charge is 0.226 e. The maximum atomic E-state index is 12.5. The van der Waals surface area contributed by atoms with E-state index in [9.17, 15) is 4.79 Å². The predicted octanol–water partition coefficient (Wildman–Crippen LogP) is 4.19. The lowest BCUT2D eigenvalue weighted by molar-refractivity contribution is -0.120. The highest BCUT2D eigenvalue weighted by Gasteiger charge is 2.30. The van der Waals surface area contributed by atoms with E-state index in [0.29, 0.717) is 24.9 Å². The Morgan fingerprint density at radius 3 is 2.66 bits per heavy atom. The topological polar surface area (TPSA) is 54.5 Å². The van der Waals surface area contributed by atoms with E-state index in [0.717, 1.165) is 35.8 Å². The molecule has 158 valence electrons. The van der Waals surface area contributed by atoms with Gasteiger partial charge in [-0.2, -0.15) is 0 Å². The van der Waals surface area contributed by atoms with Gasteiger partial charge < -0.3 is 10.1 Å². The molecule has 1 aromatic heterocycles. The summed E-state index contributed by atoms with van der Waals surface area (Å²) in [6.45, 7) is 8.21. The Labute approximate surface area is 178 Å². The number of amides is 1. The molecule has 1 saturated heterocycles. The van der Waals surface area contributed by atoms with Crippen molar-refractivity contribution in [3.63, 3.8) is 0 Å². The van der Waals surface area contributed by atoms with Crippen LogP contribution >= 0.6 is 11.3 Å². The van der Waals surface area contributed by atoms with Crippen molar-refractivity contribution in [3.05, 3.63) is 45.9 Å². The predicted molar refractivity (Wildman–Crippen MR) is 119 cm³/mol. The van der Waals surface area contributed by atoms with Crippen molar-refractivity contribution in [2.45, 2.75) is 51.5 Å². The van der Waals surface area contributed by atoms with Gasteiger partial charge in [-0.15, -0.1) is 11.3 Å². The number of nitrogens with zero attached hydrogens (tertiary/aromatic N) is 2. The number of thiazole rings is 1. The third kappa shape index (κ3) is 5.58. The summed E-state index contributed by atoms with van der Waals surface area (Å²) in [5.74, 6) is 1.32. The van der Waals surface area contributed by atoms with Crippen molar-refractivity contribution in [3.8, 4) is 5.75 Å². The van der Waals surface area contributed by atoms with Crippen LogP contribution in [-0.2, 0) is 16.6 Å². The van der Waals surface area contributed by atoms with Crippen LogP contribution in [-0.4, -0.2) is 43.0 Å². The first-order valence-corrected chi connectivity index (χ1v) is 11.2. The molecule has 2 heterocycles. The molecule has 5 nitrogen and oxygen atoms in total. The Bertz CT molecular complexity index is 810. The molecule has 1 fully saturated rings. The van der Waals surface area contributed by atoms with Crippen LogP contribution in [0.25, 0.3) is 0 Å². The zero-order valence-electron chi connectivity index (χ0n) is 18.2. The largest absolute Gasteiger partial charge is 0.497 e. The Balaban J connectivity index is 1.61. The molecule has 0 aliphatic carbocycles. The number of nitrogens with one attached hydrogen (secondary N) is 1. The van der Waals surface area contributed by atoms with E-state index >= 15 is 0 Å². The number of carbonyl (C=O) groups excluding carboxylic acids is 1. The lowest BCUT2D eigenvalue weighted by Gasteiger charge is -2.39. The van der Waals surface area contributed by atoms with Crippen molar-refractivity contribution >= 4 is 17.2 Å². The van der Waals surface area contributed by atoms with Crippen LogP contribution in [0.4, 0.5) is 0 Å². The molecule has 0 radical (unpaired) electrons. The highest BCUT2D eigenvalue weighted by molar-refractivity contribution is 7.09. The van der Waals surface area contributed by atoms with Gasteiger partial charge in [0.25, 0.3) is 0 Å². The molecule has 6 heteroatoms. The number of ether oxygens (including phenoxy) is 1. The quantitative estimate of drug-likeness (QED) is 0.769. The number of hydrogen-bond donors (Lipinski definition) is 1. The molecule has 2 aromatic rings. The van der Waals surface area contributed by atoms with Crippen molar-refractivity contribution < 1.29 is 9.53 Å². The van der Waals surface area contributed by atoms with E-state index < -0.39 is 0 Å². The number of piperidine rings is 1. The normalized spacial score (nSPS) is 20.4. The number of aromatic nitrogens is 1. The Kier molecular flexibility index (Phi) is 6.96. The summed E-state index contributed by atoms with van der Waals surface area (Å²) >= 11 is 1.64. The first-order chi connectivity index (χ1) is 13.8. The lowest BCUT2D eigenvalue weighted by Crippen LogP contribution is -2.42. The molecule has 1 aliphatic heterocycles. The van der Waals surface area contributed by atoms with Crippen LogP contribution in [0.15, 0.2) is 29.6 Å². The summed E-state index contributed by atoms with van der Waals surface area (Å²) in [6, 6.07) is 8.62. The summed E-state index contributed by atoms with van der Waals surface area (Å²) in [7, 11) is 3.86. The van der Waals surface area contributed by atoms with E-state index in [2.05, 4.69) is 55.2 Å². The molecule has 1 amide bonds. The van der Waals surface area contributed by atoms with Gasteiger partial charge in [-0.1, -0.05) is 32.9 Å². The van der Waals surface area contributed by atoms with Crippen LogP contribution in [0.5, 0.6) is 5.75 Å². The highest BCUT2D eigenvalue weighted by atomic mass is 32.1. The van der Waals surface area contributed by atoms with Crippen molar-refractivity contribution in [2.24, 2.45) is 5.92 Å². The monoisotopic (exact) mass is 415 g/mol. The molecule has 0 bridgehead atoms. The third-order valence-corrected chi connectivity index (χ3v) is 6.88. The van der Waals surface area contributed by atoms with Gasteiger partial charge in [-0.25, -0.2) is 4.98 Å². The van der Waals surface area contributed by atoms with Crippen molar-refractivity contribution in [1.82, 2.24) is 15.2 Å². The van der Waals surface area contributed by atoms with E-state index in [1.165, 1.54) is 5.56 Å². The molecule has 2 unspecified atom stereocenters. The number of rotatable bonds is 6. The van der Waals surface area contributed by atoms with Gasteiger partial charge >= 0.3 is 0 Å². The molecular weight excluding hydrogens is 382 g/mol.